The third kappa shape index (κ3) is 5.48. The first-order valence-electron chi connectivity index (χ1n) is 11.6. The van der Waals surface area contributed by atoms with Crippen molar-refractivity contribution in [3.05, 3.63) is 23.9 Å². The van der Waals surface area contributed by atoms with Crippen LogP contribution in [-0.4, -0.2) is 78.6 Å². The van der Waals surface area contributed by atoms with Gasteiger partial charge in [-0.05, 0) is 77.1 Å². The van der Waals surface area contributed by atoms with Crippen molar-refractivity contribution in [3.63, 3.8) is 0 Å². The Labute approximate surface area is 175 Å². The van der Waals surface area contributed by atoms with Crippen molar-refractivity contribution in [2.45, 2.75) is 58.0 Å². The molecule has 3 fully saturated rings. The molecule has 1 aromatic heterocycles. The average Bonchev–Trinajstić information content (AvgIpc) is 3.59. The van der Waals surface area contributed by atoms with Gasteiger partial charge in [-0.15, -0.1) is 0 Å². The number of anilines is 1. The van der Waals surface area contributed by atoms with Gasteiger partial charge in [0.05, 0.1) is 0 Å². The molecule has 1 aromatic rings. The lowest BCUT2D eigenvalue weighted by molar-refractivity contribution is 0.0947. The zero-order valence-corrected chi connectivity index (χ0v) is 18.1. The summed E-state index contributed by atoms with van der Waals surface area (Å²) >= 11 is 0. The highest BCUT2D eigenvalue weighted by molar-refractivity contribution is 5.92. The van der Waals surface area contributed by atoms with Crippen LogP contribution in [0.15, 0.2) is 18.2 Å². The van der Waals surface area contributed by atoms with Crippen LogP contribution in [0.5, 0.6) is 0 Å². The Morgan fingerprint density at radius 3 is 2.59 bits per heavy atom. The van der Waals surface area contributed by atoms with E-state index >= 15 is 0 Å². The Bertz CT molecular complexity index is 682. The minimum atomic E-state index is -0.0351. The summed E-state index contributed by atoms with van der Waals surface area (Å²) in [5, 5.41) is 3.03. The molecule has 4 rings (SSSR count). The van der Waals surface area contributed by atoms with Crippen molar-refractivity contribution in [1.29, 1.82) is 0 Å². The van der Waals surface area contributed by atoms with Gasteiger partial charge in [0.1, 0.15) is 11.5 Å². The number of hydrogen-bond donors (Lipinski definition) is 1. The number of amides is 1. The van der Waals surface area contributed by atoms with E-state index in [9.17, 15) is 4.79 Å². The number of piperidine rings is 1. The maximum atomic E-state index is 12.4. The molecule has 0 aromatic carbocycles. The summed E-state index contributed by atoms with van der Waals surface area (Å²) in [5.41, 5.74) is 0.547. The number of nitrogens with zero attached hydrogens (tertiary/aromatic N) is 4. The summed E-state index contributed by atoms with van der Waals surface area (Å²) in [4.78, 5) is 24.8. The number of pyridine rings is 1. The van der Waals surface area contributed by atoms with E-state index in [1.54, 1.807) is 0 Å². The number of aromatic nitrogens is 1. The topological polar surface area (TPSA) is 51.7 Å². The highest BCUT2D eigenvalue weighted by Gasteiger charge is 2.27. The van der Waals surface area contributed by atoms with Gasteiger partial charge in [-0.3, -0.25) is 9.69 Å². The van der Waals surface area contributed by atoms with Gasteiger partial charge in [0, 0.05) is 44.8 Å². The van der Waals surface area contributed by atoms with E-state index in [-0.39, 0.29) is 5.91 Å². The van der Waals surface area contributed by atoms with Gasteiger partial charge in [0.25, 0.3) is 5.91 Å². The van der Waals surface area contributed by atoms with Crippen LogP contribution in [0.2, 0.25) is 0 Å². The second-order valence-corrected chi connectivity index (χ2v) is 9.27. The van der Waals surface area contributed by atoms with Crippen LogP contribution in [-0.2, 0) is 0 Å². The van der Waals surface area contributed by atoms with E-state index in [0.717, 1.165) is 44.5 Å². The molecule has 29 heavy (non-hydrogen) atoms. The van der Waals surface area contributed by atoms with E-state index in [1.807, 2.05) is 12.1 Å². The first kappa shape index (κ1) is 20.6. The molecule has 1 amide bonds. The lowest BCUT2D eigenvalue weighted by Crippen LogP contribution is -2.47. The lowest BCUT2D eigenvalue weighted by Gasteiger charge is -2.39. The molecule has 1 aliphatic carbocycles. The Morgan fingerprint density at radius 2 is 1.86 bits per heavy atom. The SMILES string of the molecule is CC(C)N1CCC(N2CCCN(c3cccc(C(=O)NCC4CC4)n3)CC2)CC1. The van der Waals surface area contributed by atoms with Crippen LogP contribution in [0.25, 0.3) is 0 Å². The van der Waals surface area contributed by atoms with Gasteiger partial charge in [-0.2, -0.15) is 0 Å². The van der Waals surface area contributed by atoms with Crippen LogP contribution < -0.4 is 10.2 Å². The fourth-order valence-corrected chi connectivity index (χ4v) is 4.67. The fraction of sp³-hybridized carbons (Fsp3) is 0.739. The molecule has 160 valence electrons. The van der Waals surface area contributed by atoms with Gasteiger partial charge in [0.2, 0.25) is 0 Å². The molecule has 2 aliphatic heterocycles. The molecule has 0 unspecified atom stereocenters. The quantitative estimate of drug-likeness (QED) is 0.797. The second kappa shape index (κ2) is 9.43. The molecular formula is C23H37N5O. The molecule has 1 saturated carbocycles. The van der Waals surface area contributed by atoms with Crippen LogP contribution >= 0.6 is 0 Å². The molecule has 1 N–H and O–H groups in total. The maximum absolute atomic E-state index is 12.4. The first-order chi connectivity index (χ1) is 14.1. The Balaban J connectivity index is 1.31. The van der Waals surface area contributed by atoms with Gasteiger partial charge in [-0.25, -0.2) is 4.98 Å². The van der Waals surface area contributed by atoms with Crippen LogP contribution in [0.4, 0.5) is 5.82 Å². The monoisotopic (exact) mass is 399 g/mol. The minimum Gasteiger partial charge on any atom is -0.355 e. The third-order valence-corrected chi connectivity index (χ3v) is 6.82. The Morgan fingerprint density at radius 1 is 1.07 bits per heavy atom. The second-order valence-electron chi connectivity index (χ2n) is 9.27. The van der Waals surface area contributed by atoms with Gasteiger partial charge >= 0.3 is 0 Å². The number of hydrogen-bond acceptors (Lipinski definition) is 5. The molecule has 2 saturated heterocycles. The zero-order chi connectivity index (χ0) is 20.2. The highest BCUT2D eigenvalue weighted by atomic mass is 16.1. The predicted molar refractivity (Wildman–Crippen MR) is 117 cm³/mol. The third-order valence-electron chi connectivity index (χ3n) is 6.82. The summed E-state index contributed by atoms with van der Waals surface area (Å²) in [6, 6.07) is 7.23. The molecule has 0 radical (unpaired) electrons. The summed E-state index contributed by atoms with van der Waals surface area (Å²) in [6.07, 6.45) is 6.22. The fourth-order valence-electron chi connectivity index (χ4n) is 4.67. The van der Waals surface area contributed by atoms with Gasteiger partial charge < -0.3 is 15.1 Å². The van der Waals surface area contributed by atoms with E-state index in [2.05, 4.69) is 39.9 Å². The summed E-state index contributed by atoms with van der Waals surface area (Å²) in [5.74, 6) is 1.60. The van der Waals surface area contributed by atoms with Crippen molar-refractivity contribution in [1.82, 2.24) is 20.1 Å². The van der Waals surface area contributed by atoms with Crippen molar-refractivity contribution in [2.24, 2.45) is 5.92 Å². The first-order valence-corrected chi connectivity index (χ1v) is 11.6. The molecule has 0 bridgehead atoms. The number of likely N-dealkylation sites (tertiary alicyclic amines) is 1. The van der Waals surface area contributed by atoms with Crippen molar-refractivity contribution in [3.8, 4) is 0 Å². The lowest BCUT2D eigenvalue weighted by atomic mass is 10.0. The summed E-state index contributed by atoms with van der Waals surface area (Å²) in [7, 11) is 0. The summed E-state index contributed by atoms with van der Waals surface area (Å²) in [6.45, 7) is 12.1. The smallest absolute Gasteiger partial charge is 0.269 e. The maximum Gasteiger partial charge on any atom is 0.269 e. The largest absolute Gasteiger partial charge is 0.355 e. The number of rotatable bonds is 6. The minimum absolute atomic E-state index is 0.0351. The molecule has 6 nitrogen and oxygen atoms in total. The Kier molecular flexibility index (Phi) is 6.70. The van der Waals surface area contributed by atoms with E-state index in [1.165, 1.54) is 45.3 Å². The number of nitrogens with one attached hydrogen (secondary N) is 1. The molecule has 3 heterocycles. The average molecular weight is 400 g/mol. The van der Waals surface area contributed by atoms with Gasteiger partial charge in [0.15, 0.2) is 0 Å². The van der Waals surface area contributed by atoms with E-state index < -0.39 is 0 Å². The van der Waals surface area contributed by atoms with Crippen LogP contribution in [0, 0.1) is 5.92 Å². The van der Waals surface area contributed by atoms with Crippen molar-refractivity contribution < 1.29 is 4.79 Å². The number of carbonyl (C=O) groups is 1. The number of carbonyl (C=O) groups excluding carboxylic acids is 1. The van der Waals surface area contributed by atoms with E-state index in [4.69, 9.17) is 4.98 Å². The molecule has 0 atom stereocenters. The predicted octanol–water partition coefficient (Wildman–Crippen LogP) is 2.61. The molecule has 6 heteroatoms. The van der Waals surface area contributed by atoms with Crippen molar-refractivity contribution >= 4 is 11.7 Å². The molecular weight excluding hydrogens is 362 g/mol. The highest BCUT2D eigenvalue weighted by Crippen LogP contribution is 2.27. The molecule has 3 aliphatic rings. The zero-order valence-electron chi connectivity index (χ0n) is 18.1. The van der Waals surface area contributed by atoms with Crippen LogP contribution in [0.3, 0.4) is 0 Å². The standard InChI is InChI=1S/C23H37N5O/c1-18(2)26-13-9-20(10-14-26)27-11-4-12-28(16-15-27)22-6-3-5-21(25-22)23(29)24-17-19-7-8-19/h3,5-6,18-20H,4,7-17H2,1-2H3,(H,24,29). The Hall–Kier alpha value is -1.66. The van der Waals surface area contributed by atoms with E-state index in [0.29, 0.717) is 17.7 Å². The van der Waals surface area contributed by atoms with Crippen LogP contribution in [0.1, 0.15) is 56.4 Å². The van der Waals surface area contributed by atoms with Crippen molar-refractivity contribution in [2.75, 3.05) is 50.7 Å². The molecule has 0 spiro atoms. The normalized spacial score (nSPS) is 22.7. The van der Waals surface area contributed by atoms with Gasteiger partial charge in [-0.1, -0.05) is 6.07 Å². The summed E-state index contributed by atoms with van der Waals surface area (Å²) < 4.78 is 0.